The van der Waals surface area contributed by atoms with E-state index in [-0.39, 0.29) is 30.7 Å². The van der Waals surface area contributed by atoms with Crippen LogP contribution in [0.3, 0.4) is 0 Å². The number of halogens is 2. The number of amides is 1. The maximum atomic E-state index is 12.6. The summed E-state index contributed by atoms with van der Waals surface area (Å²) in [4.78, 5) is 17.1. The summed E-state index contributed by atoms with van der Waals surface area (Å²) < 4.78 is 0. The second-order valence-electron chi connectivity index (χ2n) is 6.66. The summed E-state index contributed by atoms with van der Waals surface area (Å²) in [7, 11) is 2.00. The number of hydrogen-bond acceptors (Lipinski definition) is 3. The van der Waals surface area contributed by atoms with Crippen molar-refractivity contribution < 1.29 is 4.79 Å². The van der Waals surface area contributed by atoms with Crippen molar-refractivity contribution in [2.75, 3.05) is 33.2 Å². The summed E-state index contributed by atoms with van der Waals surface area (Å²) in [6, 6.07) is 11.0. The van der Waals surface area contributed by atoms with Gasteiger partial charge in [0, 0.05) is 32.7 Å². The van der Waals surface area contributed by atoms with Crippen molar-refractivity contribution in [3.8, 4) is 0 Å². The lowest BCUT2D eigenvalue weighted by Crippen LogP contribution is -2.50. The zero-order valence-corrected chi connectivity index (χ0v) is 16.0. The molecule has 2 unspecified atom stereocenters. The minimum atomic E-state index is 0. The van der Waals surface area contributed by atoms with Gasteiger partial charge in [0.25, 0.3) is 0 Å². The smallest absolute Gasteiger partial charge is 0.227 e. The van der Waals surface area contributed by atoms with E-state index in [1.807, 2.05) is 11.9 Å². The minimum absolute atomic E-state index is 0. The van der Waals surface area contributed by atoms with Crippen LogP contribution in [-0.2, 0) is 11.3 Å². The highest BCUT2D eigenvalue weighted by atomic mass is 35.5. The molecule has 1 aromatic carbocycles. The van der Waals surface area contributed by atoms with Crippen LogP contribution in [0.2, 0.25) is 0 Å². The van der Waals surface area contributed by atoms with Crippen LogP contribution < -0.4 is 5.32 Å². The number of likely N-dealkylation sites (N-methyl/N-ethyl adjacent to an activating group) is 1. The van der Waals surface area contributed by atoms with E-state index >= 15 is 0 Å². The first-order valence-corrected chi connectivity index (χ1v) is 8.47. The number of benzene rings is 1. The second-order valence-corrected chi connectivity index (χ2v) is 6.66. The summed E-state index contributed by atoms with van der Waals surface area (Å²) in [5.41, 5.74) is 1.36. The first-order valence-electron chi connectivity index (χ1n) is 8.47. The number of carbonyl (C=O) groups excluding carboxylic acids is 1. The van der Waals surface area contributed by atoms with Crippen molar-refractivity contribution in [3.63, 3.8) is 0 Å². The maximum absolute atomic E-state index is 12.6. The largest absolute Gasteiger partial charge is 0.341 e. The fourth-order valence-corrected chi connectivity index (χ4v) is 3.67. The highest BCUT2D eigenvalue weighted by Gasteiger charge is 2.31. The molecule has 2 aliphatic rings. The quantitative estimate of drug-likeness (QED) is 0.880. The summed E-state index contributed by atoms with van der Waals surface area (Å²) in [6.07, 6.45) is 3.30. The topological polar surface area (TPSA) is 35.6 Å². The van der Waals surface area contributed by atoms with Gasteiger partial charge in [-0.05, 0) is 37.9 Å². The van der Waals surface area contributed by atoms with E-state index in [0.717, 1.165) is 45.6 Å². The molecule has 0 radical (unpaired) electrons. The molecule has 24 heavy (non-hydrogen) atoms. The Bertz CT molecular complexity index is 494. The van der Waals surface area contributed by atoms with Crippen molar-refractivity contribution in [3.05, 3.63) is 35.9 Å². The molecule has 3 rings (SSSR count). The SMILES string of the molecule is CN(C(=O)C1CCNC1)C1CCCN(Cc2ccccc2)C1.Cl.Cl. The summed E-state index contributed by atoms with van der Waals surface area (Å²) in [5.74, 6) is 0.520. The van der Waals surface area contributed by atoms with Gasteiger partial charge < -0.3 is 10.2 Å². The van der Waals surface area contributed by atoms with Crippen molar-refractivity contribution in [1.82, 2.24) is 15.1 Å². The third kappa shape index (κ3) is 5.35. The Morgan fingerprint density at radius 3 is 2.67 bits per heavy atom. The summed E-state index contributed by atoms with van der Waals surface area (Å²) >= 11 is 0. The number of nitrogens with one attached hydrogen (secondary N) is 1. The van der Waals surface area contributed by atoms with Crippen LogP contribution in [0.5, 0.6) is 0 Å². The van der Waals surface area contributed by atoms with Crippen molar-refractivity contribution in [2.45, 2.75) is 31.8 Å². The molecule has 0 spiro atoms. The average Bonchev–Trinajstić information content (AvgIpc) is 3.09. The Hall–Kier alpha value is -0.810. The lowest BCUT2D eigenvalue weighted by molar-refractivity contribution is -0.136. The van der Waals surface area contributed by atoms with Crippen LogP contribution in [0.15, 0.2) is 30.3 Å². The van der Waals surface area contributed by atoms with Crippen LogP contribution in [0, 0.1) is 5.92 Å². The van der Waals surface area contributed by atoms with Crippen molar-refractivity contribution in [1.29, 1.82) is 0 Å². The number of carbonyl (C=O) groups is 1. The summed E-state index contributed by atoms with van der Waals surface area (Å²) in [5, 5.41) is 3.29. The molecule has 6 heteroatoms. The third-order valence-electron chi connectivity index (χ3n) is 5.03. The molecule has 2 heterocycles. The lowest BCUT2D eigenvalue weighted by Gasteiger charge is -2.38. The summed E-state index contributed by atoms with van der Waals surface area (Å²) in [6.45, 7) is 4.96. The molecular formula is C18H29Cl2N3O. The Morgan fingerprint density at radius 2 is 2.00 bits per heavy atom. The van der Waals surface area contributed by atoms with E-state index < -0.39 is 0 Å². The van der Waals surface area contributed by atoms with Gasteiger partial charge in [-0.1, -0.05) is 30.3 Å². The zero-order valence-electron chi connectivity index (χ0n) is 14.3. The molecule has 4 nitrogen and oxygen atoms in total. The van der Waals surface area contributed by atoms with Gasteiger partial charge in [-0.15, -0.1) is 24.8 Å². The highest BCUT2D eigenvalue weighted by molar-refractivity contribution is 5.85. The van der Waals surface area contributed by atoms with Gasteiger partial charge >= 0.3 is 0 Å². The molecule has 1 amide bonds. The van der Waals surface area contributed by atoms with Crippen LogP contribution in [-0.4, -0.2) is 55.0 Å². The predicted octanol–water partition coefficient (Wildman–Crippen LogP) is 2.56. The number of nitrogens with zero attached hydrogens (tertiary/aromatic N) is 2. The van der Waals surface area contributed by atoms with Gasteiger partial charge in [0.1, 0.15) is 0 Å². The van der Waals surface area contributed by atoms with Gasteiger partial charge in [0.2, 0.25) is 5.91 Å². The van der Waals surface area contributed by atoms with Crippen LogP contribution in [0.1, 0.15) is 24.8 Å². The third-order valence-corrected chi connectivity index (χ3v) is 5.03. The predicted molar refractivity (Wildman–Crippen MR) is 103 cm³/mol. The molecule has 136 valence electrons. The number of piperidine rings is 1. The fourth-order valence-electron chi connectivity index (χ4n) is 3.67. The standard InChI is InChI=1S/C18H27N3O.2ClH/c1-20(18(22)16-9-10-19-12-16)17-8-5-11-21(14-17)13-15-6-3-2-4-7-15;;/h2-4,6-7,16-17,19H,5,8-14H2,1H3;2*1H. The molecule has 2 atom stereocenters. The molecule has 0 aromatic heterocycles. The Morgan fingerprint density at radius 1 is 1.25 bits per heavy atom. The van der Waals surface area contributed by atoms with Gasteiger partial charge in [-0.3, -0.25) is 9.69 Å². The number of likely N-dealkylation sites (tertiary alicyclic amines) is 1. The fraction of sp³-hybridized carbons (Fsp3) is 0.611. The second kappa shape index (κ2) is 10.2. The molecule has 0 saturated carbocycles. The molecule has 0 aliphatic carbocycles. The molecule has 2 fully saturated rings. The molecule has 1 N–H and O–H groups in total. The molecule has 2 saturated heterocycles. The van der Waals surface area contributed by atoms with E-state index in [4.69, 9.17) is 0 Å². The molecular weight excluding hydrogens is 345 g/mol. The van der Waals surface area contributed by atoms with Gasteiger partial charge in [0.05, 0.1) is 5.92 Å². The Kier molecular flexibility index (Phi) is 9.06. The van der Waals surface area contributed by atoms with Gasteiger partial charge in [-0.25, -0.2) is 0 Å². The van der Waals surface area contributed by atoms with E-state index in [1.54, 1.807) is 0 Å². The average molecular weight is 374 g/mol. The first-order chi connectivity index (χ1) is 10.7. The van der Waals surface area contributed by atoms with E-state index in [9.17, 15) is 4.79 Å². The Balaban J connectivity index is 0.00000144. The van der Waals surface area contributed by atoms with Crippen molar-refractivity contribution >= 4 is 30.7 Å². The number of hydrogen-bond donors (Lipinski definition) is 1. The number of rotatable bonds is 4. The van der Waals surface area contributed by atoms with Gasteiger partial charge in [-0.2, -0.15) is 0 Å². The first kappa shape index (κ1) is 21.2. The zero-order chi connectivity index (χ0) is 15.4. The van der Waals surface area contributed by atoms with E-state index in [1.165, 1.54) is 12.0 Å². The maximum Gasteiger partial charge on any atom is 0.227 e. The lowest BCUT2D eigenvalue weighted by atomic mass is 10.0. The Labute approximate surface area is 157 Å². The highest BCUT2D eigenvalue weighted by Crippen LogP contribution is 2.20. The van der Waals surface area contributed by atoms with Crippen LogP contribution >= 0.6 is 24.8 Å². The van der Waals surface area contributed by atoms with Crippen LogP contribution in [0.4, 0.5) is 0 Å². The molecule has 0 bridgehead atoms. The van der Waals surface area contributed by atoms with Gasteiger partial charge in [0.15, 0.2) is 0 Å². The van der Waals surface area contributed by atoms with E-state index in [0.29, 0.717) is 11.9 Å². The minimum Gasteiger partial charge on any atom is -0.341 e. The van der Waals surface area contributed by atoms with E-state index in [2.05, 4.69) is 40.5 Å². The van der Waals surface area contributed by atoms with Crippen LogP contribution in [0.25, 0.3) is 0 Å². The van der Waals surface area contributed by atoms with Crippen molar-refractivity contribution in [2.24, 2.45) is 5.92 Å². The molecule has 2 aliphatic heterocycles. The monoisotopic (exact) mass is 373 g/mol. The normalized spacial score (nSPS) is 23.9. The molecule has 1 aromatic rings.